The van der Waals surface area contributed by atoms with Gasteiger partial charge in [0.25, 0.3) is 0 Å². The second-order valence-corrected chi connectivity index (χ2v) is 4.79. The van der Waals surface area contributed by atoms with Crippen molar-refractivity contribution in [2.24, 2.45) is 0 Å². The van der Waals surface area contributed by atoms with Gasteiger partial charge in [-0.2, -0.15) is 0 Å². The fraction of sp³-hybridized carbons (Fsp3) is 0.571. The molecule has 1 N–H and O–H groups in total. The van der Waals surface area contributed by atoms with Crippen LogP contribution in [0.3, 0.4) is 0 Å². The molecule has 0 saturated carbocycles. The summed E-state index contributed by atoms with van der Waals surface area (Å²) < 4.78 is 4.70. The molecular weight excluding hydrogens is 242 g/mol. The van der Waals surface area contributed by atoms with Crippen LogP contribution in [0.2, 0.25) is 0 Å². The maximum Gasteiger partial charge on any atom is 0.356 e. The van der Waals surface area contributed by atoms with E-state index >= 15 is 0 Å². The topological polar surface area (TPSA) is 54.5 Å². The van der Waals surface area contributed by atoms with Crippen molar-refractivity contribution in [3.8, 4) is 0 Å². The minimum absolute atomic E-state index is 0.378. The summed E-state index contributed by atoms with van der Waals surface area (Å²) in [7, 11) is 1.38. The molecule has 1 aliphatic heterocycles. The van der Waals surface area contributed by atoms with Gasteiger partial charge in [-0.25, -0.2) is 9.78 Å². The molecule has 0 spiro atoms. The third kappa shape index (κ3) is 3.52. The standard InChI is InChI=1S/C14H21N3O2/c1-3-7-17(12-8-15-9-12)10-11-5-4-6-13(16-11)14(18)19-2/h4-6,12,15H,3,7-10H2,1-2H3. The normalized spacial score (nSPS) is 15.3. The number of hydrogen-bond acceptors (Lipinski definition) is 5. The maximum atomic E-state index is 11.5. The molecule has 2 rings (SSSR count). The Morgan fingerprint density at radius 2 is 2.32 bits per heavy atom. The highest BCUT2D eigenvalue weighted by molar-refractivity contribution is 5.87. The van der Waals surface area contributed by atoms with Crippen molar-refractivity contribution in [2.75, 3.05) is 26.7 Å². The molecule has 104 valence electrons. The van der Waals surface area contributed by atoms with Crippen LogP contribution in [0.1, 0.15) is 29.5 Å². The van der Waals surface area contributed by atoms with Gasteiger partial charge in [0.2, 0.25) is 0 Å². The zero-order chi connectivity index (χ0) is 13.7. The lowest BCUT2D eigenvalue weighted by molar-refractivity contribution is 0.0593. The molecule has 0 atom stereocenters. The predicted octanol–water partition coefficient (Wildman–Crippen LogP) is 1.05. The number of hydrogen-bond donors (Lipinski definition) is 1. The van der Waals surface area contributed by atoms with E-state index in [1.807, 2.05) is 12.1 Å². The van der Waals surface area contributed by atoms with Crippen molar-refractivity contribution < 1.29 is 9.53 Å². The molecule has 1 fully saturated rings. The van der Waals surface area contributed by atoms with Crippen molar-refractivity contribution in [2.45, 2.75) is 25.9 Å². The SMILES string of the molecule is CCCN(Cc1cccc(C(=O)OC)n1)C1CNC1. The Bertz CT molecular complexity index is 432. The average Bonchev–Trinajstić information content (AvgIpc) is 2.36. The lowest BCUT2D eigenvalue weighted by atomic mass is 10.1. The summed E-state index contributed by atoms with van der Waals surface area (Å²) in [6.07, 6.45) is 1.12. The van der Waals surface area contributed by atoms with E-state index in [1.54, 1.807) is 6.07 Å². The number of aromatic nitrogens is 1. The van der Waals surface area contributed by atoms with Crippen LogP contribution in [0.25, 0.3) is 0 Å². The van der Waals surface area contributed by atoms with E-state index in [0.29, 0.717) is 11.7 Å². The van der Waals surface area contributed by atoms with E-state index in [4.69, 9.17) is 4.74 Å². The molecule has 5 nitrogen and oxygen atoms in total. The quantitative estimate of drug-likeness (QED) is 0.778. The first-order chi connectivity index (χ1) is 9.24. The molecule has 0 amide bonds. The first kappa shape index (κ1) is 14.0. The van der Waals surface area contributed by atoms with Gasteiger partial charge in [-0.1, -0.05) is 13.0 Å². The number of nitrogens with zero attached hydrogens (tertiary/aromatic N) is 2. The molecule has 2 heterocycles. The minimum Gasteiger partial charge on any atom is -0.464 e. The monoisotopic (exact) mass is 263 g/mol. The fourth-order valence-corrected chi connectivity index (χ4v) is 2.20. The van der Waals surface area contributed by atoms with Gasteiger partial charge < -0.3 is 10.1 Å². The van der Waals surface area contributed by atoms with Gasteiger partial charge in [0.15, 0.2) is 0 Å². The van der Waals surface area contributed by atoms with Gasteiger partial charge in [-0.3, -0.25) is 4.90 Å². The lowest BCUT2D eigenvalue weighted by Gasteiger charge is -2.38. The summed E-state index contributed by atoms with van der Waals surface area (Å²) in [5, 5.41) is 3.29. The van der Waals surface area contributed by atoms with Gasteiger partial charge in [0.05, 0.1) is 12.8 Å². The highest BCUT2D eigenvalue weighted by atomic mass is 16.5. The first-order valence-electron chi connectivity index (χ1n) is 6.73. The van der Waals surface area contributed by atoms with Crippen molar-refractivity contribution >= 4 is 5.97 Å². The van der Waals surface area contributed by atoms with E-state index in [-0.39, 0.29) is 5.97 Å². The molecule has 0 radical (unpaired) electrons. The Morgan fingerprint density at radius 3 is 2.89 bits per heavy atom. The van der Waals surface area contributed by atoms with Crippen molar-refractivity contribution in [1.82, 2.24) is 15.2 Å². The Labute approximate surface area is 114 Å². The third-order valence-electron chi connectivity index (χ3n) is 3.35. The fourth-order valence-electron chi connectivity index (χ4n) is 2.20. The van der Waals surface area contributed by atoms with Crippen LogP contribution in [0.5, 0.6) is 0 Å². The van der Waals surface area contributed by atoms with Gasteiger partial charge in [0, 0.05) is 25.7 Å². The average molecular weight is 263 g/mol. The Balaban J connectivity index is 2.05. The van der Waals surface area contributed by atoms with Crippen molar-refractivity contribution in [3.63, 3.8) is 0 Å². The van der Waals surface area contributed by atoms with Crippen LogP contribution < -0.4 is 5.32 Å². The number of carbonyl (C=O) groups is 1. The Morgan fingerprint density at radius 1 is 1.53 bits per heavy atom. The number of nitrogens with one attached hydrogen (secondary N) is 1. The van der Waals surface area contributed by atoms with Crippen molar-refractivity contribution in [1.29, 1.82) is 0 Å². The van der Waals surface area contributed by atoms with E-state index in [0.717, 1.165) is 38.3 Å². The molecule has 1 aromatic heterocycles. The summed E-state index contributed by atoms with van der Waals surface area (Å²) in [5.74, 6) is -0.380. The summed E-state index contributed by atoms with van der Waals surface area (Å²) >= 11 is 0. The summed E-state index contributed by atoms with van der Waals surface area (Å²) in [4.78, 5) is 18.3. The second-order valence-electron chi connectivity index (χ2n) is 4.79. The minimum atomic E-state index is -0.380. The number of rotatable bonds is 6. The summed E-state index contributed by atoms with van der Waals surface area (Å²) in [5.41, 5.74) is 1.30. The molecule has 19 heavy (non-hydrogen) atoms. The predicted molar refractivity (Wildman–Crippen MR) is 72.9 cm³/mol. The van der Waals surface area contributed by atoms with Gasteiger partial charge >= 0.3 is 5.97 Å². The van der Waals surface area contributed by atoms with Crippen molar-refractivity contribution in [3.05, 3.63) is 29.6 Å². The largest absolute Gasteiger partial charge is 0.464 e. The number of carbonyl (C=O) groups excluding carboxylic acids is 1. The number of methoxy groups -OCH3 is 1. The lowest BCUT2D eigenvalue weighted by Crippen LogP contribution is -2.57. The number of esters is 1. The van der Waals surface area contributed by atoms with Crippen LogP contribution in [-0.2, 0) is 11.3 Å². The van der Waals surface area contributed by atoms with Gasteiger partial charge in [0.1, 0.15) is 5.69 Å². The first-order valence-corrected chi connectivity index (χ1v) is 6.73. The summed E-state index contributed by atoms with van der Waals surface area (Å²) in [6, 6.07) is 6.09. The molecule has 0 aromatic carbocycles. The molecule has 1 aromatic rings. The maximum absolute atomic E-state index is 11.5. The van der Waals surface area contributed by atoms with Crippen LogP contribution in [-0.4, -0.2) is 48.6 Å². The van der Waals surface area contributed by atoms with Gasteiger partial charge in [-0.05, 0) is 25.1 Å². The highest BCUT2D eigenvalue weighted by Crippen LogP contribution is 2.11. The van der Waals surface area contributed by atoms with E-state index in [9.17, 15) is 4.79 Å². The van der Waals surface area contributed by atoms with E-state index in [1.165, 1.54) is 7.11 Å². The van der Waals surface area contributed by atoms with Gasteiger partial charge in [-0.15, -0.1) is 0 Å². The van der Waals surface area contributed by atoms with Crippen LogP contribution in [0.4, 0.5) is 0 Å². The van der Waals surface area contributed by atoms with Crippen LogP contribution in [0.15, 0.2) is 18.2 Å². The molecule has 0 bridgehead atoms. The Kier molecular flexibility index (Phi) is 4.87. The highest BCUT2D eigenvalue weighted by Gasteiger charge is 2.24. The summed E-state index contributed by atoms with van der Waals surface area (Å²) in [6.45, 7) is 6.09. The molecule has 1 saturated heterocycles. The number of pyridine rings is 1. The molecule has 0 unspecified atom stereocenters. The third-order valence-corrected chi connectivity index (χ3v) is 3.35. The molecule has 0 aliphatic carbocycles. The zero-order valence-electron chi connectivity index (χ0n) is 11.6. The molecule has 1 aliphatic rings. The van der Waals surface area contributed by atoms with E-state index < -0.39 is 0 Å². The van der Waals surface area contributed by atoms with Crippen LogP contribution in [0, 0.1) is 0 Å². The number of ether oxygens (including phenoxy) is 1. The Hall–Kier alpha value is -1.46. The smallest absolute Gasteiger partial charge is 0.356 e. The molecular formula is C14H21N3O2. The van der Waals surface area contributed by atoms with Crippen LogP contribution >= 0.6 is 0 Å². The molecule has 5 heteroatoms. The second kappa shape index (κ2) is 6.63. The zero-order valence-corrected chi connectivity index (χ0v) is 11.6. The van der Waals surface area contributed by atoms with E-state index in [2.05, 4.69) is 22.1 Å².